The molecule has 0 aliphatic rings. The predicted octanol–water partition coefficient (Wildman–Crippen LogP) is 2.07. The first-order chi connectivity index (χ1) is 5.20. The number of hydrogen-bond donors (Lipinski definition) is 0. The highest BCUT2D eigenvalue weighted by atomic mass is 16.5. The number of allylic oxidation sites excluding steroid dienone is 3. The molecule has 0 aliphatic carbocycles. The molecule has 2 heteroatoms. The first-order valence-electron chi connectivity index (χ1n) is 3.56. The fourth-order valence-corrected chi connectivity index (χ4v) is 0.603. The summed E-state index contributed by atoms with van der Waals surface area (Å²) >= 11 is 0. The van der Waals surface area contributed by atoms with Gasteiger partial charge >= 0.3 is 5.97 Å². The molecule has 0 aromatic heterocycles. The highest BCUT2D eigenvalue weighted by Crippen LogP contribution is 1.99. The monoisotopic (exact) mass is 154 g/mol. The van der Waals surface area contributed by atoms with Crippen LogP contribution in [0.25, 0.3) is 0 Å². The van der Waals surface area contributed by atoms with Gasteiger partial charge in [-0.1, -0.05) is 24.3 Å². The standard InChI is InChI=1S/C9H14O2/c1-4-8(2)6-5-7-9(10)11-3/h4,6H,1,5,7H2,2-3H3/b8-6+. The third kappa shape index (κ3) is 5.40. The van der Waals surface area contributed by atoms with Crippen LogP contribution in [-0.2, 0) is 9.53 Å². The minimum absolute atomic E-state index is 0.168. The number of esters is 1. The van der Waals surface area contributed by atoms with Crippen molar-refractivity contribution in [1.29, 1.82) is 0 Å². The van der Waals surface area contributed by atoms with Crippen molar-refractivity contribution in [3.05, 3.63) is 24.3 Å². The molecular formula is C9H14O2. The first kappa shape index (κ1) is 9.95. The van der Waals surface area contributed by atoms with Crippen LogP contribution in [0.15, 0.2) is 24.3 Å². The number of ether oxygens (including phenoxy) is 1. The van der Waals surface area contributed by atoms with Crippen molar-refractivity contribution < 1.29 is 9.53 Å². The van der Waals surface area contributed by atoms with Gasteiger partial charge < -0.3 is 4.74 Å². The van der Waals surface area contributed by atoms with Gasteiger partial charge in [-0.3, -0.25) is 4.79 Å². The van der Waals surface area contributed by atoms with Crippen molar-refractivity contribution in [2.75, 3.05) is 7.11 Å². The Kier molecular flexibility index (Phi) is 5.17. The van der Waals surface area contributed by atoms with Crippen molar-refractivity contribution in [2.24, 2.45) is 0 Å². The molecule has 0 saturated heterocycles. The zero-order valence-electron chi connectivity index (χ0n) is 7.09. The van der Waals surface area contributed by atoms with Crippen molar-refractivity contribution in [2.45, 2.75) is 19.8 Å². The second-order valence-corrected chi connectivity index (χ2v) is 2.27. The Hall–Kier alpha value is -1.05. The normalized spacial score (nSPS) is 10.9. The number of carbonyl (C=O) groups excluding carboxylic acids is 1. The third-order valence-electron chi connectivity index (χ3n) is 1.36. The minimum atomic E-state index is -0.168. The van der Waals surface area contributed by atoms with E-state index in [1.54, 1.807) is 6.08 Å². The van der Waals surface area contributed by atoms with Crippen LogP contribution in [0.2, 0.25) is 0 Å². The SMILES string of the molecule is C=C/C(C)=C/CCC(=O)OC. The Morgan fingerprint density at radius 1 is 1.64 bits per heavy atom. The van der Waals surface area contributed by atoms with Crippen molar-refractivity contribution in [3.63, 3.8) is 0 Å². The summed E-state index contributed by atoms with van der Waals surface area (Å²) in [6.45, 7) is 5.54. The molecule has 0 amide bonds. The molecule has 0 bridgehead atoms. The zero-order chi connectivity index (χ0) is 8.69. The maximum absolute atomic E-state index is 10.6. The number of hydrogen-bond acceptors (Lipinski definition) is 2. The zero-order valence-corrected chi connectivity index (χ0v) is 7.09. The molecule has 0 N–H and O–H groups in total. The molecule has 0 fully saturated rings. The molecule has 0 rings (SSSR count). The highest BCUT2D eigenvalue weighted by Gasteiger charge is 1.95. The van der Waals surface area contributed by atoms with E-state index in [0.717, 1.165) is 12.0 Å². The van der Waals surface area contributed by atoms with Crippen molar-refractivity contribution in [1.82, 2.24) is 0 Å². The summed E-state index contributed by atoms with van der Waals surface area (Å²) in [5, 5.41) is 0. The smallest absolute Gasteiger partial charge is 0.305 e. The van der Waals surface area contributed by atoms with Gasteiger partial charge in [0.1, 0.15) is 0 Å². The van der Waals surface area contributed by atoms with Gasteiger partial charge in [0.25, 0.3) is 0 Å². The van der Waals surface area contributed by atoms with E-state index in [-0.39, 0.29) is 5.97 Å². The molecule has 2 nitrogen and oxygen atoms in total. The summed E-state index contributed by atoms with van der Waals surface area (Å²) in [6.07, 6.45) is 4.90. The van der Waals surface area contributed by atoms with Crippen LogP contribution in [0.3, 0.4) is 0 Å². The summed E-state index contributed by atoms with van der Waals surface area (Å²) in [5.74, 6) is -0.168. The molecular weight excluding hydrogens is 140 g/mol. The summed E-state index contributed by atoms with van der Waals surface area (Å²) in [6, 6.07) is 0. The fraction of sp³-hybridized carbons (Fsp3) is 0.444. The quantitative estimate of drug-likeness (QED) is 0.457. The van der Waals surface area contributed by atoms with Gasteiger partial charge in [-0.2, -0.15) is 0 Å². The van der Waals surface area contributed by atoms with E-state index < -0.39 is 0 Å². The van der Waals surface area contributed by atoms with Crippen LogP contribution in [0, 0.1) is 0 Å². The molecule has 0 aromatic carbocycles. The maximum Gasteiger partial charge on any atom is 0.305 e. The highest BCUT2D eigenvalue weighted by molar-refractivity contribution is 5.69. The predicted molar refractivity (Wildman–Crippen MR) is 45.2 cm³/mol. The number of rotatable bonds is 4. The third-order valence-corrected chi connectivity index (χ3v) is 1.36. The largest absolute Gasteiger partial charge is 0.469 e. The molecule has 0 radical (unpaired) electrons. The van der Waals surface area contributed by atoms with Crippen LogP contribution < -0.4 is 0 Å². The van der Waals surface area contributed by atoms with Gasteiger partial charge in [0.15, 0.2) is 0 Å². The molecule has 0 spiro atoms. The molecule has 0 aromatic rings. The van der Waals surface area contributed by atoms with Crippen molar-refractivity contribution in [3.8, 4) is 0 Å². The number of methoxy groups -OCH3 is 1. The van der Waals surface area contributed by atoms with Gasteiger partial charge in [-0.15, -0.1) is 0 Å². The summed E-state index contributed by atoms with van der Waals surface area (Å²) in [5.41, 5.74) is 1.09. The maximum atomic E-state index is 10.6. The lowest BCUT2D eigenvalue weighted by atomic mass is 10.2. The second-order valence-electron chi connectivity index (χ2n) is 2.27. The average Bonchev–Trinajstić information content (AvgIpc) is 2.04. The lowest BCUT2D eigenvalue weighted by Gasteiger charge is -1.94. The average molecular weight is 154 g/mol. The van der Waals surface area contributed by atoms with Crippen LogP contribution in [0.5, 0.6) is 0 Å². The Morgan fingerprint density at radius 3 is 2.73 bits per heavy atom. The fourth-order valence-electron chi connectivity index (χ4n) is 0.603. The van der Waals surface area contributed by atoms with E-state index in [4.69, 9.17) is 0 Å². The van der Waals surface area contributed by atoms with E-state index in [0.29, 0.717) is 6.42 Å². The Balaban J connectivity index is 3.56. The Morgan fingerprint density at radius 2 is 2.27 bits per heavy atom. The van der Waals surface area contributed by atoms with Crippen LogP contribution in [0.1, 0.15) is 19.8 Å². The van der Waals surface area contributed by atoms with E-state index in [9.17, 15) is 4.79 Å². The number of carbonyl (C=O) groups is 1. The van der Waals surface area contributed by atoms with Crippen LogP contribution >= 0.6 is 0 Å². The Labute approximate surface area is 67.6 Å². The molecule has 0 atom stereocenters. The molecule has 0 unspecified atom stereocenters. The van der Waals surface area contributed by atoms with Gasteiger partial charge in [-0.25, -0.2) is 0 Å². The molecule has 62 valence electrons. The van der Waals surface area contributed by atoms with E-state index >= 15 is 0 Å². The van der Waals surface area contributed by atoms with Gasteiger partial charge in [0.2, 0.25) is 0 Å². The van der Waals surface area contributed by atoms with Crippen molar-refractivity contribution >= 4 is 5.97 Å². The lowest BCUT2D eigenvalue weighted by molar-refractivity contribution is -0.140. The van der Waals surface area contributed by atoms with Crippen LogP contribution in [0.4, 0.5) is 0 Å². The summed E-state index contributed by atoms with van der Waals surface area (Å²) < 4.78 is 4.47. The molecule has 0 heterocycles. The summed E-state index contributed by atoms with van der Waals surface area (Å²) in [4.78, 5) is 10.6. The molecule has 11 heavy (non-hydrogen) atoms. The first-order valence-corrected chi connectivity index (χ1v) is 3.56. The molecule has 0 aliphatic heterocycles. The summed E-state index contributed by atoms with van der Waals surface area (Å²) in [7, 11) is 1.40. The van der Waals surface area contributed by atoms with E-state index in [1.165, 1.54) is 7.11 Å². The van der Waals surface area contributed by atoms with Crippen LogP contribution in [-0.4, -0.2) is 13.1 Å². The van der Waals surface area contributed by atoms with E-state index in [2.05, 4.69) is 11.3 Å². The van der Waals surface area contributed by atoms with Gasteiger partial charge in [0, 0.05) is 6.42 Å². The van der Waals surface area contributed by atoms with E-state index in [1.807, 2.05) is 13.0 Å². The van der Waals surface area contributed by atoms with Gasteiger partial charge in [-0.05, 0) is 13.3 Å². The molecule has 0 saturated carbocycles. The van der Waals surface area contributed by atoms with Gasteiger partial charge in [0.05, 0.1) is 7.11 Å². The topological polar surface area (TPSA) is 26.3 Å². The second kappa shape index (κ2) is 5.71. The Bertz CT molecular complexity index is 168. The minimum Gasteiger partial charge on any atom is -0.469 e. The lowest BCUT2D eigenvalue weighted by Crippen LogP contribution is -1.98.